The summed E-state index contributed by atoms with van der Waals surface area (Å²) in [6, 6.07) is 16.1. The quantitative estimate of drug-likeness (QED) is 0.800. The summed E-state index contributed by atoms with van der Waals surface area (Å²) in [6.07, 6.45) is 0. The molecule has 2 aromatic carbocycles. The Kier molecular flexibility index (Phi) is 5.45. The Morgan fingerprint density at radius 2 is 1.81 bits per heavy atom. The number of para-hydroxylation sites is 1. The van der Waals surface area contributed by atoms with Crippen LogP contribution >= 0.6 is 11.8 Å². The second-order valence-electron chi connectivity index (χ2n) is 5.34. The molecule has 0 bridgehead atoms. The van der Waals surface area contributed by atoms with E-state index in [1.54, 1.807) is 11.8 Å². The molecule has 0 atom stereocenters. The normalized spacial score (nSPS) is 10.7. The summed E-state index contributed by atoms with van der Waals surface area (Å²) in [5, 5.41) is 3.07. The highest BCUT2D eigenvalue weighted by Crippen LogP contribution is 2.27. The van der Waals surface area contributed by atoms with Crippen molar-refractivity contribution in [3.63, 3.8) is 0 Å². The van der Waals surface area contributed by atoms with E-state index < -0.39 is 0 Å². The highest BCUT2D eigenvalue weighted by Gasteiger charge is 2.12. The van der Waals surface area contributed by atoms with Crippen LogP contribution in [0.1, 0.15) is 30.9 Å². The van der Waals surface area contributed by atoms with Crippen LogP contribution < -0.4 is 5.32 Å². The van der Waals surface area contributed by atoms with Gasteiger partial charge in [-0.25, -0.2) is 0 Å². The molecule has 0 aliphatic heterocycles. The third-order valence-corrected chi connectivity index (χ3v) is 4.32. The van der Waals surface area contributed by atoms with E-state index in [2.05, 4.69) is 25.2 Å². The molecular formula is C18H21NOS. The van der Waals surface area contributed by atoms with Crippen molar-refractivity contribution in [2.75, 3.05) is 11.1 Å². The van der Waals surface area contributed by atoms with Gasteiger partial charge in [0.05, 0.1) is 5.75 Å². The van der Waals surface area contributed by atoms with Crippen LogP contribution in [0.25, 0.3) is 0 Å². The van der Waals surface area contributed by atoms with E-state index in [1.807, 2.05) is 49.4 Å². The third-order valence-electron chi connectivity index (χ3n) is 3.30. The van der Waals surface area contributed by atoms with Crippen LogP contribution in [-0.4, -0.2) is 11.7 Å². The van der Waals surface area contributed by atoms with E-state index in [1.165, 1.54) is 5.56 Å². The maximum atomic E-state index is 12.2. The molecule has 1 amide bonds. The zero-order valence-electron chi connectivity index (χ0n) is 12.7. The standard InChI is InChI=1S/C18H21NOS/c1-13(2)16-11-7-8-14(3)18(16)19-17(20)12-21-15-9-5-4-6-10-15/h4-11,13H,12H2,1-3H3,(H,19,20). The van der Waals surface area contributed by atoms with E-state index in [4.69, 9.17) is 0 Å². The summed E-state index contributed by atoms with van der Waals surface area (Å²) < 4.78 is 0. The molecule has 0 radical (unpaired) electrons. The number of carbonyl (C=O) groups excluding carboxylic acids is 1. The third kappa shape index (κ3) is 4.36. The van der Waals surface area contributed by atoms with Crippen LogP contribution in [0.3, 0.4) is 0 Å². The maximum absolute atomic E-state index is 12.2. The van der Waals surface area contributed by atoms with Crippen LogP contribution in [0, 0.1) is 6.92 Å². The zero-order chi connectivity index (χ0) is 15.2. The number of rotatable bonds is 5. The Morgan fingerprint density at radius 1 is 1.10 bits per heavy atom. The van der Waals surface area contributed by atoms with E-state index >= 15 is 0 Å². The minimum absolute atomic E-state index is 0.0417. The van der Waals surface area contributed by atoms with Crippen LogP contribution in [0.15, 0.2) is 53.4 Å². The van der Waals surface area contributed by atoms with Crippen molar-refractivity contribution in [1.29, 1.82) is 0 Å². The predicted octanol–water partition coefficient (Wildman–Crippen LogP) is 4.85. The van der Waals surface area contributed by atoms with Gasteiger partial charge in [-0.1, -0.05) is 50.2 Å². The molecule has 1 N–H and O–H groups in total. The van der Waals surface area contributed by atoms with E-state index in [-0.39, 0.29) is 5.91 Å². The number of nitrogens with one attached hydrogen (secondary N) is 1. The van der Waals surface area contributed by atoms with Crippen molar-refractivity contribution in [2.24, 2.45) is 0 Å². The molecule has 2 aromatic rings. The van der Waals surface area contributed by atoms with Crippen LogP contribution in [0.2, 0.25) is 0 Å². The lowest BCUT2D eigenvalue weighted by atomic mass is 9.98. The van der Waals surface area contributed by atoms with Crippen molar-refractivity contribution in [3.05, 3.63) is 59.7 Å². The lowest BCUT2D eigenvalue weighted by molar-refractivity contribution is -0.113. The molecule has 0 unspecified atom stereocenters. The smallest absolute Gasteiger partial charge is 0.234 e. The summed E-state index contributed by atoms with van der Waals surface area (Å²) in [5.41, 5.74) is 3.26. The van der Waals surface area contributed by atoms with Crippen LogP contribution in [0.5, 0.6) is 0 Å². The fraction of sp³-hybridized carbons (Fsp3) is 0.278. The Labute approximate surface area is 131 Å². The van der Waals surface area contributed by atoms with Gasteiger partial charge in [-0.15, -0.1) is 11.8 Å². The average Bonchev–Trinajstić information content (AvgIpc) is 2.48. The van der Waals surface area contributed by atoms with Gasteiger partial charge in [0.1, 0.15) is 0 Å². The first-order valence-corrected chi connectivity index (χ1v) is 8.13. The average molecular weight is 299 g/mol. The molecule has 0 fully saturated rings. The Bertz CT molecular complexity index is 608. The first kappa shape index (κ1) is 15.6. The van der Waals surface area contributed by atoms with Gasteiger partial charge in [0, 0.05) is 10.6 Å². The molecule has 110 valence electrons. The van der Waals surface area contributed by atoms with Gasteiger partial charge in [0.2, 0.25) is 5.91 Å². The molecule has 0 aromatic heterocycles. The number of carbonyl (C=O) groups is 1. The second kappa shape index (κ2) is 7.32. The number of aryl methyl sites for hydroxylation is 1. The van der Waals surface area contributed by atoms with Gasteiger partial charge in [0.15, 0.2) is 0 Å². The van der Waals surface area contributed by atoms with Crippen molar-refractivity contribution in [3.8, 4) is 0 Å². The maximum Gasteiger partial charge on any atom is 0.234 e. The summed E-state index contributed by atoms with van der Waals surface area (Å²) in [5.74, 6) is 0.859. The van der Waals surface area contributed by atoms with E-state index in [9.17, 15) is 4.79 Å². The molecule has 0 aliphatic carbocycles. The molecule has 0 aliphatic rings. The van der Waals surface area contributed by atoms with E-state index in [0.717, 1.165) is 16.1 Å². The molecular weight excluding hydrogens is 278 g/mol. The lowest BCUT2D eigenvalue weighted by Crippen LogP contribution is -2.16. The predicted molar refractivity (Wildman–Crippen MR) is 91.1 cm³/mol. The Morgan fingerprint density at radius 3 is 2.48 bits per heavy atom. The first-order chi connectivity index (χ1) is 10.1. The minimum Gasteiger partial charge on any atom is -0.325 e. The number of amides is 1. The molecule has 0 heterocycles. The van der Waals surface area contributed by atoms with Gasteiger partial charge in [0.25, 0.3) is 0 Å². The monoisotopic (exact) mass is 299 g/mol. The largest absolute Gasteiger partial charge is 0.325 e. The Balaban J connectivity index is 2.03. The molecule has 2 nitrogen and oxygen atoms in total. The van der Waals surface area contributed by atoms with Crippen LogP contribution in [-0.2, 0) is 4.79 Å². The summed E-state index contributed by atoms with van der Waals surface area (Å²) in [6.45, 7) is 6.32. The fourth-order valence-corrected chi connectivity index (χ4v) is 2.90. The van der Waals surface area contributed by atoms with Crippen molar-refractivity contribution >= 4 is 23.4 Å². The topological polar surface area (TPSA) is 29.1 Å². The van der Waals surface area contributed by atoms with Crippen molar-refractivity contribution in [2.45, 2.75) is 31.6 Å². The zero-order valence-corrected chi connectivity index (χ0v) is 13.5. The number of hydrogen-bond acceptors (Lipinski definition) is 2. The highest BCUT2D eigenvalue weighted by atomic mass is 32.2. The van der Waals surface area contributed by atoms with Crippen LogP contribution in [0.4, 0.5) is 5.69 Å². The van der Waals surface area contributed by atoms with Gasteiger partial charge in [-0.3, -0.25) is 4.79 Å². The fourth-order valence-electron chi connectivity index (χ4n) is 2.18. The molecule has 21 heavy (non-hydrogen) atoms. The number of benzene rings is 2. The van der Waals surface area contributed by atoms with Crippen molar-refractivity contribution in [1.82, 2.24) is 0 Å². The van der Waals surface area contributed by atoms with Gasteiger partial charge in [-0.2, -0.15) is 0 Å². The van der Waals surface area contributed by atoms with Gasteiger partial charge < -0.3 is 5.32 Å². The summed E-state index contributed by atoms with van der Waals surface area (Å²) in [7, 11) is 0. The number of hydrogen-bond donors (Lipinski definition) is 1. The molecule has 3 heteroatoms. The van der Waals surface area contributed by atoms with Crippen molar-refractivity contribution < 1.29 is 4.79 Å². The lowest BCUT2D eigenvalue weighted by Gasteiger charge is -2.16. The summed E-state index contributed by atoms with van der Waals surface area (Å²) >= 11 is 1.56. The summed E-state index contributed by atoms with van der Waals surface area (Å²) in [4.78, 5) is 13.3. The number of thioether (sulfide) groups is 1. The van der Waals surface area contributed by atoms with E-state index in [0.29, 0.717) is 11.7 Å². The first-order valence-electron chi connectivity index (χ1n) is 7.15. The number of anilines is 1. The SMILES string of the molecule is Cc1cccc(C(C)C)c1NC(=O)CSc1ccccc1. The minimum atomic E-state index is 0.0417. The molecule has 2 rings (SSSR count). The molecule has 0 saturated heterocycles. The van der Waals surface area contributed by atoms with Gasteiger partial charge >= 0.3 is 0 Å². The molecule has 0 saturated carbocycles. The van der Waals surface area contributed by atoms with Gasteiger partial charge in [-0.05, 0) is 36.1 Å². The second-order valence-corrected chi connectivity index (χ2v) is 6.39. The highest BCUT2D eigenvalue weighted by molar-refractivity contribution is 8.00. The Hall–Kier alpha value is -1.74. The molecule has 0 spiro atoms.